The zero-order chi connectivity index (χ0) is 12.3. The fraction of sp³-hybridized carbons (Fsp3) is 0.333. The van der Waals surface area contributed by atoms with Crippen LogP contribution in [-0.4, -0.2) is 18.1 Å². The first kappa shape index (κ1) is 11.7. The van der Waals surface area contributed by atoms with E-state index in [1.54, 1.807) is 11.3 Å². The Kier molecular flexibility index (Phi) is 3.45. The van der Waals surface area contributed by atoms with Crippen molar-refractivity contribution in [3.05, 3.63) is 18.2 Å². The molecule has 0 aliphatic carbocycles. The van der Waals surface area contributed by atoms with Gasteiger partial charge in [-0.15, -0.1) is 0 Å². The monoisotopic (exact) mass is 246 g/mol. The van der Waals surface area contributed by atoms with Crippen LogP contribution in [0.15, 0.2) is 18.2 Å². The van der Waals surface area contributed by atoms with E-state index in [1.807, 2.05) is 18.2 Å². The van der Waals surface area contributed by atoms with Crippen molar-refractivity contribution in [1.82, 2.24) is 4.98 Å². The third-order valence-corrected chi connectivity index (χ3v) is 3.63. The Morgan fingerprint density at radius 1 is 1.53 bits per heavy atom. The van der Waals surface area contributed by atoms with Crippen LogP contribution in [0.25, 0.3) is 10.2 Å². The third kappa shape index (κ3) is 2.48. The van der Waals surface area contributed by atoms with E-state index in [-0.39, 0.29) is 0 Å². The smallest absolute Gasteiger partial charge is 0.186 e. The van der Waals surface area contributed by atoms with E-state index in [0.717, 1.165) is 34.1 Å². The van der Waals surface area contributed by atoms with Crippen LogP contribution in [-0.2, 0) is 0 Å². The van der Waals surface area contributed by atoms with Crippen LogP contribution in [0.1, 0.15) is 13.3 Å². The molecular formula is C12H14N4S. The molecule has 0 aliphatic rings. The molecule has 0 unspecified atom stereocenters. The van der Waals surface area contributed by atoms with E-state index >= 15 is 0 Å². The minimum Gasteiger partial charge on any atom is -0.399 e. The minimum atomic E-state index is 0.520. The van der Waals surface area contributed by atoms with Gasteiger partial charge in [-0.05, 0) is 25.1 Å². The minimum absolute atomic E-state index is 0.520. The molecule has 0 aliphatic heterocycles. The van der Waals surface area contributed by atoms with Gasteiger partial charge in [0.15, 0.2) is 5.13 Å². The summed E-state index contributed by atoms with van der Waals surface area (Å²) in [6, 6.07) is 7.89. The molecule has 17 heavy (non-hydrogen) atoms. The van der Waals surface area contributed by atoms with E-state index in [2.05, 4.69) is 22.9 Å². The highest BCUT2D eigenvalue weighted by molar-refractivity contribution is 7.22. The lowest BCUT2D eigenvalue weighted by molar-refractivity contribution is 0.824. The molecule has 88 valence electrons. The molecule has 0 bridgehead atoms. The van der Waals surface area contributed by atoms with E-state index in [1.165, 1.54) is 0 Å². The number of thiazole rings is 1. The molecule has 0 atom stereocenters. The summed E-state index contributed by atoms with van der Waals surface area (Å²) < 4.78 is 1.09. The highest BCUT2D eigenvalue weighted by Crippen LogP contribution is 2.29. The molecule has 0 amide bonds. The SMILES string of the molecule is CCN(CCC#N)c1nc2ccc(N)cc2s1. The average Bonchev–Trinajstić information content (AvgIpc) is 2.72. The number of rotatable bonds is 4. The Balaban J connectivity index is 2.31. The van der Waals surface area contributed by atoms with E-state index in [9.17, 15) is 0 Å². The lowest BCUT2D eigenvalue weighted by Gasteiger charge is -2.17. The van der Waals surface area contributed by atoms with Gasteiger partial charge in [-0.1, -0.05) is 11.3 Å². The molecule has 4 nitrogen and oxygen atoms in total. The van der Waals surface area contributed by atoms with Gasteiger partial charge in [0.25, 0.3) is 0 Å². The zero-order valence-electron chi connectivity index (χ0n) is 9.68. The molecule has 2 aromatic rings. The molecule has 2 N–H and O–H groups in total. The fourth-order valence-corrected chi connectivity index (χ4v) is 2.74. The van der Waals surface area contributed by atoms with Gasteiger partial charge in [0.1, 0.15) is 0 Å². The van der Waals surface area contributed by atoms with E-state index in [4.69, 9.17) is 11.0 Å². The summed E-state index contributed by atoms with van der Waals surface area (Å²) in [4.78, 5) is 6.67. The van der Waals surface area contributed by atoms with Crippen LogP contribution in [0.2, 0.25) is 0 Å². The first-order valence-electron chi connectivity index (χ1n) is 5.52. The predicted molar refractivity (Wildman–Crippen MR) is 72.1 cm³/mol. The quantitative estimate of drug-likeness (QED) is 0.842. The summed E-state index contributed by atoms with van der Waals surface area (Å²) >= 11 is 1.62. The molecule has 0 spiro atoms. The predicted octanol–water partition coefficient (Wildman–Crippen LogP) is 2.62. The Labute approximate surface area is 104 Å². The number of fused-ring (bicyclic) bond motifs is 1. The van der Waals surface area contributed by atoms with Crippen LogP contribution >= 0.6 is 11.3 Å². The summed E-state index contributed by atoms with van der Waals surface area (Å²) in [7, 11) is 0. The maximum absolute atomic E-state index is 8.62. The van der Waals surface area contributed by atoms with Crippen LogP contribution in [0.5, 0.6) is 0 Å². The van der Waals surface area contributed by atoms with E-state index < -0.39 is 0 Å². The number of nitrogen functional groups attached to an aromatic ring is 1. The summed E-state index contributed by atoms with van der Waals surface area (Å²) in [5.41, 5.74) is 7.47. The van der Waals surface area contributed by atoms with Crippen molar-refractivity contribution in [3.8, 4) is 6.07 Å². The van der Waals surface area contributed by atoms with Gasteiger partial charge in [-0.2, -0.15) is 5.26 Å². The average molecular weight is 246 g/mol. The first-order valence-corrected chi connectivity index (χ1v) is 6.34. The standard InChI is InChI=1S/C12H14N4S/c1-2-16(7-3-6-13)12-15-10-5-4-9(14)8-11(10)17-12/h4-5,8H,2-3,7,14H2,1H3. The lowest BCUT2D eigenvalue weighted by atomic mass is 10.3. The van der Waals surface area contributed by atoms with Crippen LogP contribution in [0.4, 0.5) is 10.8 Å². The maximum Gasteiger partial charge on any atom is 0.186 e. The topological polar surface area (TPSA) is 65.9 Å². The molecule has 1 aromatic heterocycles. The van der Waals surface area contributed by atoms with Gasteiger partial charge in [-0.3, -0.25) is 0 Å². The number of hydrogen-bond acceptors (Lipinski definition) is 5. The van der Waals surface area contributed by atoms with Gasteiger partial charge in [0.2, 0.25) is 0 Å². The Morgan fingerprint density at radius 3 is 3.06 bits per heavy atom. The molecule has 0 saturated heterocycles. The Bertz CT molecular complexity index is 555. The van der Waals surface area contributed by atoms with Gasteiger partial charge in [0.05, 0.1) is 22.7 Å². The molecule has 0 saturated carbocycles. The molecule has 1 heterocycles. The number of nitrogens with two attached hydrogens (primary N) is 1. The van der Waals surface area contributed by atoms with Crippen molar-refractivity contribution in [3.63, 3.8) is 0 Å². The molecule has 0 fully saturated rings. The normalized spacial score (nSPS) is 10.4. The third-order valence-electron chi connectivity index (χ3n) is 2.55. The number of aromatic nitrogens is 1. The number of anilines is 2. The van der Waals surface area contributed by atoms with Crippen LogP contribution < -0.4 is 10.6 Å². The van der Waals surface area contributed by atoms with Gasteiger partial charge < -0.3 is 10.6 Å². The second kappa shape index (κ2) is 5.02. The van der Waals surface area contributed by atoms with Gasteiger partial charge in [-0.25, -0.2) is 4.98 Å². The van der Waals surface area contributed by atoms with Crippen molar-refractivity contribution in [2.75, 3.05) is 23.7 Å². The highest BCUT2D eigenvalue weighted by Gasteiger charge is 2.10. The summed E-state index contributed by atoms with van der Waals surface area (Å²) in [6.07, 6.45) is 0.520. The largest absolute Gasteiger partial charge is 0.399 e. The van der Waals surface area contributed by atoms with Crippen molar-refractivity contribution in [2.45, 2.75) is 13.3 Å². The first-order chi connectivity index (χ1) is 8.24. The molecule has 1 aromatic carbocycles. The Morgan fingerprint density at radius 2 is 2.35 bits per heavy atom. The number of hydrogen-bond donors (Lipinski definition) is 1. The number of nitrogens with zero attached hydrogens (tertiary/aromatic N) is 3. The summed E-state index contributed by atoms with van der Waals surface area (Å²) in [6.45, 7) is 3.65. The molecule has 5 heteroatoms. The maximum atomic E-state index is 8.62. The second-order valence-corrected chi connectivity index (χ2v) is 4.72. The zero-order valence-corrected chi connectivity index (χ0v) is 10.5. The van der Waals surface area contributed by atoms with Crippen LogP contribution in [0.3, 0.4) is 0 Å². The van der Waals surface area contributed by atoms with Crippen molar-refractivity contribution in [1.29, 1.82) is 5.26 Å². The summed E-state index contributed by atoms with van der Waals surface area (Å²) in [5.74, 6) is 0. The Hall–Kier alpha value is -1.80. The van der Waals surface area contributed by atoms with Crippen LogP contribution in [0, 0.1) is 11.3 Å². The van der Waals surface area contributed by atoms with Crippen molar-refractivity contribution < 1.29 is 0 Å². The van der Waals surface area contributed by atoms with Gasteiger partial charge in [0, 0.05) is 18.8 Å². The van der Waals surface area contributed by atoms with E-state index in [0.29, 0.717) is 6.42 Å². The fourth-order valence-electron chi connectivity index (χ4n) is 1.64. The highest BCUT2D eigenvalue weighted by atomic mass is 32.1. The lowest BCUT2D eigenvalue weighted by Crippen LogP contribution is -2.23. The number of nitriles is 1. The molecular weight excluding hydrogens is 232 g/mol. The summed E-state index contributed by atoms with van der Waals surface area (Å²) in [5, 5.41) is 9.58. The van der Waals surface area contributed by atoms with Crippen molar-refractivity contribution in [2.24, 2.45) is 0 Å². The van der Waals surface area contributed by atoms with Gasteiger partial charge >= 0.3 is 0 Å². The van der Waals surface area contributed by atoms with Crippen molar-refractivity contribution >= 4 is 32.4 Å². The molecule has 0 radical (unpaired) electrons. The molecule has 2 rings (SSSR count). The second-order valence-electron chi connectivity index (χ2n) is 3.71. The number of benzene rings is 1.